The molecule has 8 heteroatoms. The molecule has 0 bridgehead atoms. The van der Waals surface area contributed by atoms with Crippen LogP contribution >= 0.6 is 0 Å². The Balaban J connectivity index is 1.71. The number of aliphatic hydroxyl groups is 1. The van der Waals surface area contributed by atoms with Gasteiger partial charge in [-0.25, -0.2) is 4.79 Å². The molecule has 25 heavy (non-hydrogen) atoms. The van der Waals surface area contributed by atoms with Gasteiger partial charge in [0.2, 0.25) is 11.8 Å². The van der Waals surface area contributed by atoms with Gasteiger partial charge in [0, 0.05) is 14.1 Å². The predicted octanol–water partition coefficient (Wildman–Crippen LogP) is -0.607. The molecule has 0 aliphatic carbocycles. The molecule has 3 aliphatic heterocycles. The van der Waals surface area contributed by atoms with E-state index in [1.54, 1.807) is 25.9 Å². The normalized spacial score (nSPS) is 32.5. The zero-order chi connectivity index (χ0) is 18.5. The second kappa shape index (κ2) is 6.42. The fourth-order valence-electron chi connectivity index (χ4n) is 4.36. The fraction of sp³-hybridized carbons (Fsp3) is 0.706. The predicted molar refractivity (Wildman–Crippen MR) is 88.3 cm³/mol. The molecular weight excluding hydrogens is 326 g/mol. The zero-order valence-electron chi connectivity index (χ0n) is 14.7. The molecule has 5 atom stereocenters. The van der Waals surface area contributed by atoms with Crippen LogP contribution in [-0.2, 0) is 14.4 Å². The van der Waals surface area contributed by atoms with Gasteiger partial charge in [0.05, 0.1) is 24.1 Å². The molecule has 3 N–H and O–H groups in total. The Labute approximate surface area is 146 Å². The van der Waals surface area contributed by atoms with Gasteiger partial charge < -0.3 is 25.3 Å². The smallest absolute Gasteiger partial charge is 0.352 e. The Morgan fingerprint density at radius 1 is 1.40 bits per heavy atom. The van der Waals surface area contributed by atoms with E-state index in [0.29, 0.717) is 25.8 Å². The molecule has 0 saturated carbocycles. The third-order valence-electron chi connectivity index (χ3n) is 5.52. The lowest BCUT2D eigenvalue weighted by Crippen LogP contribution is -2.61. The molecule has 8 nitrogen and oxygen atoms in total. The summed E-state index contributed by atoms with van der Waals surface area (Å²) in [6, 6.07) is -0.485. The first-order chi connectivity index (χ1) is 11.7. The number of rotatable bonds is 5. The van der Waals surface area contributed by atoms with Crippen LogP contribution < -0.4 is 5.32 Å². The minimum atomic E-state index is -1.10. The zero-order valence-corrected chi connectivity index (χ0v) is 14.7. The van der Waals surface area contributed by atoms with E-state index in [1.807, 2.05) is 0 Å². The van der Waals surface area contributed by atoms with Crippen LogP contribution in [0.4, 0.5) is 0 Å². The van der Waals surface area contributed by atoms with Crippen molar-refractivity contribution in [3.63, 3.8) is 0 Å². The summed E-state index contributed by atoms with van der Waals surface area (Å²) in [7, 11) is 3.43. The van der Waals surface area contributed by atoms with Gasteiger partial charge in [0.15, 0.2) is 0 Å². The molecular formula is C17H25N3O5. The number of nitrogens with zero attached hydrogens (tertiary/aromatic N) is 2. The molecule has 0 spiro atoms. The molecule has 0 aromatic heterocycles. The van der Waals surface area contributed by atoms with Crippen molar-refractivity contribution in [2.24, 2.45) is 11.8 Å². The van der Waals surface area contributed by atoms with E-state index in [4.69, 9.17) is 0 Å². The van der Waals surface area contributed by atoms with Crippen molar-refractivity contribution >= 4 is 17.8 Å². The topological polar surface area (TPSA) is 110 Å². The van der Waals surface area contributed by atoms with Crippen molar-refractivity contribution in [1.82, 2.24) is 15.1 Å². The van der Waals surface area contributed by atoms with E-state index in [-0.39, 0.29) is 35.5 Å². The number of nitrogens with one attached hydrogen (secondary N) is 1. The first-order valence-electron chi connectivity index (χ1n) is 8.63. The van der Waals surface area contributed by atoms with E-state index in [0.717, 1.165) is 5.57 Å². The van der Waals surface area contributed by atoms with Gasteiger partial charge in [-0.1, -0.05) is 0 Å². The number of hydrogen-bond acceptors (Lipinski definition) is 5. The number of likely N-dealkylation sites (N-methyl/N-ethyl adjacent to an activating group) is 1. The number of carboxylic acids is 1. The molecule has 2 saturated heterocycles. The SMILES string of the molecule is C[C@@H](O)[C@H]1C(=O)N2C(C(=O)O)=C(C[C@H]3CN[C@H](C(=O)N(C)C)C3)C[C@H]12. The molecule has 3 rings (SSSR count). The van der Waals surface area contributed by atoms with Crippen LogP contribution in [0, 0.1) is 11.8 Å². The Morgan fingerprint density at radius 3 is 2.64 bits per heavy atom. The van der Waals surface area contributed by atoms with E-state index in [1.165, 1.54) is 4.90 Å². The summed E-state index contributed by atoms with van der Waals surface area (Å²) < 4.78 is 0. The van der Waals surface area contributed by atoms with Gasteiger partial charge in [0.25, 0.3) is 0 Å². The molecule has 2 fully saturated rings. The first-order valence-corrected chi connectivity index (χ1v) is 8.63. The highest BCUT2D eigenvalue weighted by Gasteiger charge is 2.56. The number of aliphatic hydroxyl groups excluding tert-OH is 1. The van der Waals surface area contributed by atoms with Gasteiger partial charge in [-0.05, 0) is 44.2 Å². The maximum Gasteiger partial charge on any atom is 0.352 e. The van der Waals surface area contributed by atoms with E-state index < -0.39 is 18.0 Å². The third-order valence-corrected chi connectivity index (χ3v) is 5.52. The lowest BCUT2D eigenvalue weighted by molar-refractivity contribution is -0.161. The average molecular weight is 351 g/mol. The molecule has 138 valence electrons. The standard InChI is InChI=1S/C17H25N3O5/c1-8(21)13-12-6-10(14(17(24)25)20(12)16(13)23)4-9-5-11(18-7-9)15(22)19(2)3/h8-9,11-13,18,21H,4-7H2,1-3H3,(H,24,25)/t8-,9-,11+,12-,13-/m1/s1. The lowest BCUT2D eigenvalue weighted by atomic mass is 9.82. The number of β-lactam (4-membered cyclic amide) rings is 1. The van der Waals surface area contributed by atoms with Crippen LogP contribution in [0.1, 0.15) is 26.2 Å². The summed E-state index contributed by atoms with van der Waals surface area (Å²) in [4.78, 5) is 38.8. The molecule has 3 heterocycles. The highest BCUT2D eigenvalue weighted by Crippen LogP contribution is 2.45. The minimum Gasteiger partial charge on any atom is -0.477 e. The Hall–Kier alpha value is -1.93. The van der Waals surface area contributed by atoms with Crippen molar-refractivity contribution in [2.75, 3.05) is 20.6 Å². The van der Waals surface area contributed by atoms with Crippen LogP contribution in [0.15, 0.2) is 11.3 Å². The summed E-state index contributed by atoms with van der Waals surface area (Å²) >= 11 is 0. The van der Waals surface area contributed by atoms with Gasteiger partial charge in [-0.2, -0.15) is 0 Å². The maximum atomic E-state index is 12.2. The number of carbonyl (C=O) groups is 3. The summed E-state index contributed by atoms with van der Waals surface area (Å²) in [5.41, 5.74) is 0.827. The van der Waals surface area contributed by atoms with Crippen molar-refractivity contribution in [3.05, 3.63) is 11.3 Å². The molecule has 0 radical (unpaired) electrons. The van der Waals surface area contributed by atoms with Crippen molar-refractivity contribution in [1.29, 1.82) is 0 Å². The Kier molecular flexibility index (Phi) is 4.59. The van der Waals surface area contributed by atoms with Crippen molar-refractivity contribution in [3.8, 4) is 0 Å². The second-order valence-corrected chi connectivity index (χ2v) is 7.50. The molecule has 0 aromatic carbocycles. The minimum absolute atomic E-state index is 0.0227. The second-order valence-electron chi connectivity index (χ2n) is 7.50. The van der Waals surface area contributed by atoms with Crippen molar-refractivity contribution in [2.45, 2.75) is 44.4 Å². The highest BCUT2D eigenvalue weighted by atomic mass is 16.4. The lowest BCUT2D eigenvalue weighted by Gasteiger charge is -2.44. The highest BCUT2D eigenvalue weighted by molar-refractivity contribution is 5.99. The summed E-state index contributed by atoms with van der Waals surface area (Å²) in [5.74, 6) is -1.73. The monoisotopic (exact) mass is 351 g/mol. The van der Waals surface area contributed by atoms with E-state index in [9.17, 15) is 24.6 Å². The Bertz CT molecular complexity index is 642. The van der Waals surface area contributed by atoms with Gasteiger partial charge in [-0.3, -0.25) is 9.59 Å². The molecule has 0 unspecified atom stereocenters. The quantitative estimate of drug-likeness (QED) is 0.570. The van der Waals surface area contributed by atoms with Crippen LogP contribution in [0.3, 0.4) is 0 Å². The van der Waals surface area contributed by atoms with Crippen LogP contribution in [0.5, 0.6) is 0 Å². The molecule has 0 aromatic rings. The van der Waals surface area contributed by atoms with Crippen molar-refractivity contribution < 1.29 is 24.6 Å². The average Bonchev–Trinajstić information content (AvgIpc) is 3.09. The van der Waals surface area contributed by atoms with E-state index in [2.05, 4.69) is 5.32 Å². The number of hydrogen-bond donors (Lipinski definition) is 3. The third kappa shape index (κ3) is 2.93. The molecule has 3 aliphatic rings. The first kappa shape index (κ1) is 17.9. The summed E-state index contributed by atoms with van der Waals surface area (Å²) in [6.07, 6.45) is 0.925. The number of carbonyl (C=O) groups excluding carboxylic acids is 2. The Morgan fingerprint density at radius 2 is 2.08 bits per heavy atom. The summed E-state index contributed by atoms with van der Waals surface area (Å²) in [5, 5.41) is 22.5. The maximum absolute atomic E-state index is 12.2. The van der Waals surface area contributed by atoms with Gasteiger partial charge in [0.1, 0.15) is 5.70 Å². The summed E-state index contributed by atoms with van der Waals surface area (Å²) in [6.45, 7) is 2.22. The van der Waals surface area contributed by atoms with Crippen LogP contribution in [0.25, 0.3) is 0 Å². The number of carboxylic acid groups (broad SMARTS) is 1. The fourth-order valence-corrected chi connectivity index (χ4v) is 4.36. The van der Waals surface area contributed by atoms with E-state index >= 15 is 0 Å². The van der Waals surface area contributed by atoms with Crippen LogP contribution in [0.2, 0.25) is 0 Å². The number of aliphatic carboxylic acids is 1. The van der Waals surface area contributed by atoms with Gasteiger partial charge >= 0.3 is 5.97 Å². The molecule has 2 amide bonds. The van der Waals surface area contributed by atoms with Gasteiger partial charge in [-0.15, -0.1) is 0 Å². The van der Waals surface area contributed by atoms with Crippen LogP contribution in [-0.4, -0.2) is 76.6 Å². The number of amides is 2. The number of fused-ring (bicyclic) bond motifs is 1. The largest absolute Gasteiger partial charge is 0.477 e.